The van der Waals surface area contributed by atoms with Gasteiger partial charge in [0, 0.05) is 11.6 Å². The molecule has 0 aliphatic carbocycles. The van der Waals surface area contributed by atoms with E-state index in [1.165, 1.54) is 12.1 Å². The van der Waals surface area contributed by atoms with Crippen LogP contribution < -0.4 is 19.5 Å². The lowest BCUT2D eigenvalue weighted by Crippen LogP contribution is -2.30. The zero-order chi connectivity index (χ0) is 17.4. The molecule has 8 nitrogen and oxygen atoms in total. The van der Waals surface area contributed by atoms with Crippen LogP contribution in [-0.4, -0.2) is 30.7 Å². The van der Waals surface area contributed by atoms with Gasteiger partial charge in [0.1, 0.15) is 31.1 Å². The Kier molecular flexibility index (Phi) is 3.64. The third-order valence-electron chi connectivity index (χ3n) is 4.11. The summed E-state index contributed by atoms with van der Waals surface area (Å²) >= 11 is 0. The maximum Gasteiger partial charge on any atom is 0.286 e. The van der Waals surface area contributed by atoms with Crippen LogP contribution in [0.1, 0.15) is 22.0 Å². The van der Waals surface area contributed by atoms with Crippen LogP contribution in [-0.2, 0) is 0 Å². The van der Waals surface area contributed by atoms with Crippen LogP contribution in [0.4, 0.5) is 5.69 Å². The van der Waals surface area contributed by atoms with Gasteiger partial charge < -0.3 is 19.5 Å². The van der Waals surface area contributed by atoms with Crippen LogP contribution in [0.2, 0.25) is 0 Å². The van der Waals surface area contributed by atoms with Crippen LogP contribution in [0.25, 0.3) is 0 Å². The number of fused-ring (bicyclic) bond motifs is 2. The lowest BCUT2D eigenvalue weighted by atomic mass is 10.1. The van der Waals surface area contributed by atoms with Crippen molar-refractivity contribution in [2.75, 3.05) is 19.8 Å². The summed E-state index contributed by atoms with van der Waals surface area (Å²) in [6, 6.07) is 9.57. The van der Waals surface area contributed by atoms with Crippen molar-refractivity contribution in [2.45, 2.75) is 6.04 Å². The summed E-state index contributed by atoms with van der Waals surface area (Å²) in [5, 5.41) is 14.1. The molecule has 0 bridgehead atoms. The second kappa shape index (κ2) is 5.97. The molecule has 1 atom stereocenters. The van der Waals surface area contributed by atoms with E-state index in [-0.39, 0.29) is 29.6 Å². The summed E-state index contributed by atoms with van der Waals surface area (Å²) in [6.07, 6.45) is 0. The highest BCUT2D eigenvalue weighted by molar-refractivity contribution is 5.99. The van der Waals surface area contributed by atoms with Gasteiger partial charge in [-0.3, -0.25) is 14.9 Å². The van der Waals surface area contributed by atoms with Gasteiger partial charge in [-0.2, -0.15) is 0 Å². The standard InChI is InChI=1S/C17H14N2O6/c20-17(18-12-9-25-14-4-2-1-3-10(12)14)11-7-15-16(24-6-5-23-15)8-13(11)19(21)22/h1-4,7-8,12H,5-6,9H2,(H,18,20). The van der Waals surface area contributed by atoms with Crippen LogP contribution in [0.3, 0.4) is 0 Å². The molecule has 2 aliphatic rings. The van der Waals surface area contributed by atoms with Crippen LogP contribution in [0.15, 0.2) is 36.4 Å². The Bertz CT molecular complexity index is 866. The Morgan fingerprint density at radius 3 is 2.56 bits per heavy atom. The van der Waals surface area contributed by atoms with Crippen molar-refractivity contribution in [1.82, 2.24) is 5.32 Å². The summed E-state index contributed by atoms with van der Waals surface area (Å²) in [6.45, 7) is 0.922. The lowest BCUT2D eigenvalue weighted by Gasteiger charge is -2.19. The quantitative estimate of drug-likeness (QED) is 0.678. The molecule has 0 radical (unpaired) electrons. The number of carbonyl (C=O) groups is 1. The molecule has 1 N–H and O–H groups in total. The highest BCUT2D eigenvalue weighted by Crippen LogP contribution is 2.37. The number of carbonyl (C=O) groups excluding carboxylic acids is 1. The van der Waals surface area contributed by atoms with E-state index in [0.29, 0.717) is 24.7 Å². The minimum absolute atomic E-state index is 0.0707. The number of hydrogen-bond acceptors (Lipinski definition) is 6. The molecular weight excluding hydrogens is 328 g/mol. The normalized spacial score (nSPS) is 17.4. The molecule has 0 saturated carbocycles. The second-order valence-electron chi connectivity index (χ2n) is 5.65. The van der Waals surface area contributed by atoms with Gasteiger partial charge in [-0.1, -0.05) is 18.2 Å². The van der Waals surface area contributed by atoms with E-state index in [1.807, 2.05) is 24.3 Å². The molecule has 0 saturated heterocycles. The number of para-hydroxylation sites is 1. The molecule has 25 heavy (non-hydrogen) atoms. The molecule has 2 aromatic carbocycles. The Morgan fingerprint density at radius 1 is 1.08 bits per heavy atom. The molecule has 0 fully saturated rings. The number of rotatable bonds is 3. The highest BCUT2D eigenvalue weighted by atomic mass is 16.6. The molecule has 0 aromatic heterocycles. The Balaban J connectivity index is 1.65. The van der Waals surface area contributed by atoms with E-state index in [9.17, 15) is 14.9 Å². The van der Waals surface area contributed by atoms with Crippen molar-refractivity contribution in [2.24, 2.45) is 0 Å². The monoisotopic (exact) mass is 342 g/mol. The van der Waals surface area contributed by atoms with Gasteiger partial charge >= 0.3 is 0 Å². The van der Waals surface area contributed by atoms with E-state index >= 15 is 0 Å². The summed E-state index contributed by atoms with van der Waals surface area (Å²) < 4.78 is 16.3. The smallest absolute Gasteiger partial charge is 0.286 e. The number of nitrogens with one attached hydrogen (secondary N) is 1. The second-order valence-corrected chi connectivity index (χ2v) is 5.65. The van der Waals surface area contributed by atoms with E-state index < -0.39 is 10.8 Å². The van der Waals surface area contributed by atoms with Gasteiger partial charge in [0.2, 0.25) is 0 Å². The van der Waals surface area contributed by atoms with Crippen molar-refractivity contribution in [3.63, 3.8) is 0 Å². The van der Waals surface area contributed by atoms with Crippen molar-refractivity contribution in [3.05, 3.63) is 57.6 Å². The average Bonchev–Trinajstić information content (AvgIpc) is 3.03. The van der Waals surface area contributed by atoms with Gasteiger partial charge in [-0.05, 0) is 6.07 Å². The fourth-order valence-corrected chi connectivity index (χ4v) is 2.93. The van der Waals surface area contributed by atoms with Gasteiger partial charge in [-0.25, -0.2) is 0 Å². The summed E-state index contributed by atoms with van der Waals surface area (Å²) in [5.74, 6) is 0.729. The first-order valence-electron chi connectivity index (χ1n) is 7.74. The third kappa shape index (κ3) is 2.71. The Hall–Kier alpha value is -3.29. The number of ether oxygens (including phenoxy) is 3. The van der Waals surface area contributed by atoms with Gasteiger partial charge in [-0.15, -0.1) is 0 Å². The largest absolute Gasteiger partial charge is 0.491 e. The third-order valence-corrected chi connectivity index (χ3v) is 4.11. The predicted molar refractivity (Wildman–Crippen MR) is 86.2 cm³/mol. The zero-order valence-electron chi connectivity index (χ0n) is 13.1. The first-order valence-corrected chi connectivity index (χ1v) is 7.74. The average molecular weight is 342 g/mol. The zero-order valence-corrected chi connectivity index (χ0v) is 13.1. The van der Waals surface area contributed by atoms with Gasteiger partial charge in [0.05, 0.1) is 17.0 Å². The molecule has 1 amide bonds. The molecule has 1 unspecified atom stereocenters. The maximum atomic E-state index is 12.7. The number of nitro groups is 1. The van der Waals surface area contributed by atoms with E-state index in [4.69, 9.17) is 14.2 Å². The fraction of sp³-hybridized carbons (Fsp3) is 0.235. The molecule has 2 aromatic rings. The first kappa shape index (κ1) is 15.3. The molecular formula is C17H14N2O6. The van der Waals surface area contributed by atoms with Crippen molar-refractivity contribution in [3.8, 4) is 17.2 Å². The van der Waals surface area contributed by atoms with Crippen molar-refractivity contribution >= 4 is 11.6 Å². The van der Waals surface area contributed by atoms with Crippen LogP contribution in [0.5, 0.6) is 17.2 Å². The van der Waals surface area contributed by atoms with Crippen molar-refractivity contribution in [1.29, 1.82) is 0 Å². The first-order chi connectivity index (χ1) is 12.1. The maximum absolute atomic E-state index is 12.7. The highest BCUT2D eigenvalue weighted by Gasteiger charge is 2.30. The molecule has 2 aliphatic heterocycles. The minimum Gasteiger partial charge on any atom is -0.491 e. The van der Waals surface area contributed by atoms with Gasteiger partial charge in [0.15, 0.2) is 11.5 Å². The summed E-state index contributed by atoms with van der Waals surface area (Å²) in [7, 11) is 0. The number of benzene rings is 2. The van der Waals surface area contributed by atoms with Gasteiger partial charge in [0.25, 0.3) is 11.6 Å². The minimum atomic E-state index is -0.605. The number of amides is 1. The lowest BCUT2D eigenvalue weighted by molar-refractivity contribution is -0.385. The number of hydrogen-bond donors (Lipinski definition) is 1. The van der Waals surface area contributed by atoms with Crippen LogP contribution >= 0.6 is 0 Å². The number of nitro benzene ring substituents is 1. The van der Waals surface area contributed by atoms with E-state index in [2.05, 4.69) is 5.32 Å². The Morgan fingerprint density at radius 2 is 1.80 bits per heavy atom. The fourth-order valence-electron chi connectivity index (χ4n) is 2.93. The molecule has 0 spiro atoms. The molecule has 4 rings (SSSR count). The van der Waals surface area contributed by atoms with Crippen molar-refractivity contribution < 1.29 is 23.9 Å². The summed E-state index contributed by atoms with van der Waals surface area (Å²) in [4.78, 5) is 23.4. The van der Waals surface area contributed by atoms with E-state index in [1.54, 1.807) is 0 Å². The molecule has 2 heterocycles. The van der Waals surface area contributed by atoms with E-state index in [0.717, 1.165) is 5.56 Å². The number of nitrogens with zero attached hydrogens (tertiary/aromatic N) is 1. The topological polar surface area (TPSA) is 99.9 Å². The Labute approximate surface area is 142 Å². The van der Waals surface area contributed by atoms with Crippen LogP contribution in [0, 0.1) is 10.1 Å². The molecule has 8 heteroatoms. The summed E-state index contributed by atoms with van der Waals surface area (Å²) in [5.41, 5.74) is 0.448. The SMILES string of the molecule is O=C(NC1COc2ccccc21)c1cc2c(cc1[N+](=O)[O-])OCCO2. The molecule has 128 valence electrons. The predicted octanol–water partition coefficient (Wildman–Crippen LogP) is 2.23.